The molecular formula is C8H11N5O3S2. The quantitative estimate of drug-likeness (QED) is 0.789. The maximum Gasteiger partial charge on any atom is 0.252 e. The van der Waals surface area contributed by atoms with Gasteiger partial charge in [0.1, 0.15) is 0 Å². The lowest BCUT2D eigenvalue weighted by Crippen LogP contribution is -2.25. The van der Waals surface area contributed by atoms with E-state index >= 15 is 0 Å². The zero-order valence-electron chi connectivity index (χ0n) is 9.45. The number of nitrogen functional groups attached to an aromatic ring is 1. The van der Waals surface area contributed by atoms with Crippen molar-refractivity contribution < 1.29 is 12.9 Å². The van der Waals surface area contributed by atoms with Crippen LogP contribution >= 0.6 is 11.3 Å². The van der Waals surface area contributed by atoms with Gasteiger partial charge in [0, 0.05) is 13.0 Å². The number of hydrogen-bond donors (Lipinski definition) is 2. The van der Waals surface area contributed by atoms with Crippen LogP contribution in [0.4, 0.5) is 5.13 Å². The molecule has 18 heavy (non-hydrogen) atoms. The van der Waals surface area contributed by atoms with E-state index in [9.17, 15) is 8.42 Å². The smallest absolute Gasteiger partial charge is 0.252 e. The van der Waals surface area contributed by atoms with E-state index in [4.69, 9.17) is 10.3 Å². The Morgan fingerprint density at radius 2 is 2.33 bits per heavy atom. The fraction of sp³-hybridized carbons (Fsp3) is 0.375. The van der Waals surface area contributed by atoms with E-state index in [1.807, 2.05) is 0 Å². The normalized spacial score (nSPS) is 11.8. The number of aryl methyl sites for hydroxylation is 1. The lowest BCUT2D eigenvalue weighted by Gasteiger charge is -2.03. The Hall–Kier alpha value is -1.52. The van der Waals surface area contributed by atoms with Crippen molar-refractivity contribution in [2.45, 2.75) is 17.6 Å². The van der Waals surface area contributed by atoms with E-state index in [0.717, 1.165) is 11.3 Å². The fourth-order valence-electron chi connectivity index (χ4n) is 1.32. The molecule has 0 aliphatic carbocycles. The van der Waals surface area contributed by atoms with Gasteiger partial charge >= 0.3 is 0 Å². The van der Waals surface area contributed by atoms with Crippen molar-refractivity contribution in [2.24, 2.45) is 0 Å². The first-order valence-electron chi connectivity index (χ1n) is 4.97. The Bertz CT molecular complexity index is 619. The molecule has 2 aromatic rings. The van der Waals surface area contributed by atoms with Crippen molar-refractivity contribution in [3.8, 4) is 0 Å². The number of rotatable bonds is 5. The molecule has 98 valence electrons. The predicted molar refractivity (Wildman–Crippen MR) is 64.5 cm³/mol. The van der Waals surface area contributed by atoms with Gasteiger partial charge in [-0.2, -0.15) is 4.98 Å². The van der Waals surface area contributed by atoms with Gasteiger partial charge in [-0.1, -0.05) is 16.5 Å². The van der Waals surface area contributed by atoms with E-state index in [2.05, 4.69) is 19.8 Å². The van der Waals surface area contributed by atoms with Crippen molar-refractivity contribution >= 4 is 26.5 Å². The van der Waals surface area contributed by atoms with E-state index < -0.39 is 10.0 Å². The lowest BCUT2D eigenvalue weighted by molar-refractivity contribution is 0.377. The molecular weight excluding hydrogens is 278 g/mol. The first kappa shape index (κ1) is 12.9. The second-order valence-corrected chi connectivity index (χ2v) is 6.40. The van der Waals surface area contributed by atoms with E-state index in [1.165, 1.54) is 6.33 Å². The van der Waals surface area contributed by atoms with Gasteiger partial charge in [0.2, 0.25) is 5.89 Å². The highest BCUT2D eigenvalue weighted by atomic mass is 32.2. The zero-order chi connectivity index (χ0) is 13.2. The number of nitrogens with zero attached hydrogens (tertiary/aromatic N) is 3. The van der Waals surface area contributed by atoms with Crippen LogP contribution in [0, 0.1) is 6.92 Å². The second kappa shape index (κ2) is 5.00. The molecule has 0 aliphatic heterocycles. The maximum atomic E-state index is 11.9. The summed E-state index contributed by atoms with van der Waals surface area (Å²) in [7, 11) is -3.59. The summed E-state index contributed by atoms with van der Waals surface area (Å²) in [6, 6.07) is 0. The molecule has 0 fully saturated rings. The molecule has 0 spiro atoms. The molecule has 2 heterocycles. The van der Waals surface area contributed by atoms with Gasteiger partial charge in [-0.25, -0.2) is 18.1 Å². The van der Waals surface area contributed by atoms with Crippen LogP contribution in [-0.2, 0) is 16.4 Å². The molecule has 10 heteroatoms. The van der Waals surface area contributed by atoms with Gasteiger partial charge in [-0.3, -0.25) is 0 Å². The standard InChI is InChI=1S/C8H11N5O3S2/c1-5-7(17-8(9)13-5)18(14,15)12-3-2-6-10-4-11-16-6/h4,12H,2-3H2,1H3,(H2,9,13). The second-order valence-electron chi connectivity index (χ2n) is 3.41. The van der Waals surface area contributed by atoms with Gasteiger partial charge in [-0.05, 0) is 6.92 Å². The van der Waals surface area contributed by atoms with Gasteiger partial charge in [0.15, 0.2) is 15.7 Å². The molecule has 0 radical (unpaired) electrons. The highest BCUT2D eigenvalue weighted by Crippen LogP contribution is 2.24. The van der Waals surface area contributed by atoms with Gasteiger partial charge in [-0.15, -0.1) is 0 Å². The van der Waals surface area contributed by atoms with Crippen LogP contribution < -0.4 is 10.5 Å². The Morgan fingerprint density at radius 3 is 2.89 bits per heavy atom. The highest BCUT2D eigenvalue weighted by Gasteiger charge is 2.20. The summed E-state index contributed by atoms with van der Waals surface area (Å²) in [5.41, 5.74) is 5.86. The topological polar surface area (TPSA) is 124 Å². The minimum absolute atomic E-state index is 0.130. The molecule has 3 N–H and O–H groups in total. The monoisotopic (exact) mass is 289 g/mol. The largest absolute Gasteiger partial charge is 0.375 e. The number of nitrogens with one attached hydrogen (secondary N) is 1. The molecule has 0 amide bonds. The highest BCUT2D eigenvalue weighted by molar-refractivity contribution is 7.91. The number of sulfonamides is 1. The summed E-state index contributed by atoms with van der Waals surface area (Å²) < 4.78 is 31.2. The molecule has 2 aromatic heterocycles. The third-order valence-electron chi connectivity index (χ3n) is 2.05. The van der Waals surface area contributed by atoms with Crippen molar-refractivity contribution in [1.82, 2.24) is 19.8 Å². The van der Waals surface area contributed by atoms with Crippen LogP contribution in [0.1, 0.15) is 11.6 Å². The molecule has 0 aromatic carbocycles. The minimum Gasteiger partial charge on any atom is -0.375 e. The lowest BCUT2D eigenvalue weighted by atomic mass is 10.4. The zero-order valence-corrected chi connectivity index (χ0v) is 11.1. The molecule has 0 unspecified atom stereocenters. The third-order valence-corrected chi connectivity index (χ3v) is 5.11. The van der Waals surface area contributed by atoms with Crippen LogP contribution in [0.25, 0.3) is 0 Å². The van der Waals surface area contributed by atoms with Crippen LogP contribution in [0.15, 0.2) is 15.1 Å². The average Bonchev–Trinajstić information content (AvgIpc) is 2.88. The van der Waals surface area contributed by atoms with Crippen molar-refractivity contribution in [3.05, 3.63) is 17.9 Å². The van der Waals surface area contributed by atoms with Crippen LogP contribution in [0.3, 0.4) is 0 Å². The maximum absolute atomic E-state index is 11.9. The number of hydrogen-bond acceptors (Lipinski definition) is 8. The Labute approximate surface area is 107 Å². The Kier molecular flexibility index (Phi) is 3.59. The molecule has 2 rings (SSSR count). The van der Waals surface area contributed by atoms with E-state index in [-0.39, 0.29) is 15.9 Å². The summed E-state index contributed by atoms with van der Waals surface area (Å²) in [6.07, 6.45) is 1.59. The van der Waals surface area contributed by atoms with Crippen molar-refractivity contribution in [1.29, 1.82) is 0 Å². The van der Waals surface area contributed by atoms with Crippen molar-refractivity contribution in [3.63, 3.8) is 0 Å². The first-order valence-corrected chi connectivity index (χ1v) is 7.27. The fourth-order valence-corrected chi connectivity index (χ4v) is 3.69. The van der Waals surface area contributed by atoms with E-state index in [1.54, 1.807) is 6.92 Å². The molecule has 0 saturated heterocycles. The SMILES string of the molecule is Cc1nc(N)sc1S(=O)(=O)NCCc1ncno1. The number of anilines is 1. The van der Waals surface area contributed by atoms with Crippen LogP contribution in [-0.4, -0.2) is 30.1 Å². The minimum atomic E-state index is -3.59. The van der Waals surface area contributed by atoms with Crippen molar-refractivity contribution in [2.75, 3.05) is 12.3 Å². The van der Waals surface area contributed by atoms with Crippen LogP contribution in [0.2, 0.25) is 0 Å². The number of aromatic nitrogens is 3. The Balaban J connectivity index is 2.02. The summed E-state index contributed by atoms with van der Waals surface area (Å²) >= 11 is 0.934. The first-order chi connectivity index (χ1) is 8.49. The van der Waals surface area contributed by atoms with Gasteiger partial charge in [0.25, 0.3) is 10.0 Å². The molecule has 8 nitrogen and oxygen atoms in total. The average molecular weight is 289 g/mol. The molecule has 0 atom stereocenters. The molecule has 0 bridgehead atoms. The summed E-state index contributed by atoms with van der Waals surface area (Å²) in [5.74, 6) is 0.373. The third kappa shape index (κ3) is 2.83. The summed E-state index contributed by atoms with van der Waals surface area (Å²) in [6.45, 7) is 1.77. The van der Waals surface area contributed by atoms with Gasteiger partial charge in [0.05, 0.1) is 5.69 Å². The van der Waals surface area contributed by atoms with Gasteiger partial charge < -0.3 is 10.3 Å². The summed E-state index contributed by atoms with van der Waals surface area (Å²) in [5, 5.41) is 3.65. The molecule has 0 aliphatic rings. The summed E-state index contributed by atoms with van der Waals surface area (Å²) in [4.78, 5) is 7.66. The predicted octanol–water partition coefficient (Wildman–Crippen LogP) is -0.0623. The Morgan fingerprint density at radius 1 is 1.56 bits per heavy atom. The number of nitrogens with two attached hydrogens (primary N) is 1. The molecule has 0 saturated carbocycles. The van der Waals surface area contributed by atoms with E-state index in [0.29, 0.717) is 18.0 Å². The van der Waals surface area contributed by atoms with Crippen LogP contribution in [0.5, 0.6) is 0 Å². The number of thiazole rings is 1.